The Morgan fingerprint density at radius 3 is 2.72 bits per heavy atom. The third kappa shape index (κ3) is 5.54. The fourth-order valence-electron chi connectivity index (χ4n) is 4.68. The molecule has 0 amide bonds. The van der Waals surface area contributed by atoms with Crippen molar-refractivity contribution >= 4 is 16.6 Å². The molecule has 7 heteroatoms. The molecule has 4 aromatic rings. The van der Waals surface area contributed by atoms with Gasteiger partial charge in [-0.05, 0) is 49.9 Å². The summed E-state index contributed by atoms with van der Waals surface area (Å²) in [7, 11) is 1.97. The van der Waals surface area contributed by atoms with E-state index in [1.165, 1.54) is 5.56 Å². The van der Waals surface area contributed by atoms with Gasteiger partial charge in [0.2, 0.25) is 0 Å². The lowest BCUT2D eigenvalue weighted by Crippen LogP contribution is -2.28. The molecule has 1 aliphatic rings. The second-order valence-electron chi connectivity index (χ2n) is 9.28. The van der Waals surface area contributed by atoms with Crippen molar-refractivity contribution in [3.05, 3.63) is 72.1 Å². The maximum Gasteiger partial charge on any atom is 0.162 e. The summed E-state index contributed by atoms with van der Waals surface area (Å²) in [6.45, 7) is 6.33. The number of likely N-dealkylation sites (N-methyl/N-ethyl adjacent to an activating group) is 1. The third-order valence-corrected chi connectivity index (χ3v) is 6.71. The maximum atomic E-state index is 5.57. The summed E-state index contributed by atoms with van der Waals surface area (Å²) < 4.78 is 5.57. The van der Waals surface area contributed by atoms with Crippen molar-refractivity contribution in [1.29, 1.82) is 0 Å². The number of ether oxygens (including phenoxy) is 1. The number of nitrogens with zero attached hydrogens (tertiary/aromatic N) is 3. The Labute approximate surface area is 212 Å². The molecule has 1 saturated heterocycles. The van der Waals surface area contributed by atoms with E-state index in [2.05, 4.69) is 76.4 Å². The highest BCUT2D eigenvalue weighted by Crippen LogP contribution is 2.34. The van der Waals surface area contributed by atoms with Gasteiger partial charge in [0.1, 0.15) is 5.82 Å². The molecule has 1 fully saturated rings. The number of pyridine rings is 1. The lowest BCUT2D eigenvalue weighted by atomic mass is 10.00. The van der Waals surface area contributed by atoms with E-state index in [0.29, 0.717) is 6.04 Å². The van der Waals surface area contributed by atoms with Crippen LogP contribution in [0.3, 0.4) is 0 Å². The predicted octanol–water partition coefficient (Wildman–Crippen LogP) is 4.57. The zero-order valence-corrected chi connectivity index (χ0v) is 21.1. The summed E-state index contributed by atoms with van der Waals surface area (Å²) in [5.41, 5.74) is 5.32. The molecular formula is C29H34N6O. The second-order valence-corrected chi connectivity index (χ2v) is 9.28. The van der Waals surface area contributed by atoms with Crippen molar-refractivity contribution in [2.45, 2.75) is 32.4 Å². The Morgan fingerprint density at radius 2 is 1.86 bits per heavy atom. The Kier molecular flexibility index (Phi) is 7.81. The van der Waals surface area contributed by atoms with Crippen molar-refractivity contribution in [1.82, 2.24) is 25.6 Å². The number of nitrogens with one attached hydrogen (secondary N) is 3. The first-order chi connectivity index (χ1) is 17.7. The molecule has 3 heterocycles. The van der Waals surface area contributed by atoms with Crippen LogP contribution in [0.1, 0.15) is 24.0 Å². The van der Waals surface area contributed by atoms with Gasteiger partial charge in [0.05, 0.1) is 5.69 Å². The van der Waals surface area contributed by atoms with Crippen LogP contribution in [0.4, 0.5) is 5.82 Å². The summed E-state index contributed by atoms with van der Waals surface area (Å²) in [5.74, 6) is 1.62. The van der Waals surface area contributed by atoms with Gasteiger partial charge < -0.3 is 20.7 Å². The van der Waals surface area contributed by atoms with E-state index in [0.717, 1.165) is 90.5 Å². The van der Waals surface area contributed by atoms with Gasteiger partial charge in [0.15, 0.2) is 5.82 Å². The molecule has 3 N–H and O–H groups in total. The Balaban J connectivity index is 1.57. The van der Waals surface area contributed by atoms with Crippen LogP contribution in [0.5, 0.6) is 0 Å². The van der Waals surface area contributed by atoms with Crippen molar-refractivity contribution < 1.29 is 4.74 Å². The van der Waals surface area contributed by atoms with Crippen molar-refractivity contribution in [3.63, 3.8) is 0 Å². The molecule has 7 nitrogen and oxygen atoms in total. The van der Waals surface area contributed by atoms with E-state index in [-0.39, 0.29) is 0 Å². The van der Waals surface area contributed by atoms with E-state index < -0.39 is 0 Å². The molecule has 0 aliphatic carbocycles. The molecule has 2 aromatic carbocycles. The first kappa shape index (κ1) is 24.3. The number of aromatic nitrogens is 3. The minimum Gasteiger partial charge on any atom is -0.381 e. The molecule has 1 aliphatic heterocycles. The topological polar surface area (TPSA) is 84.0 Å². The van der Waals surface area contributed by atoms with E-state index >= 15 is 0 Å². The molecular weight excluding hydrogens is 448 g/mol. The fraction of sp³-hybridized carbons (Fsp3) is 0.345. The van der Waals surface area contributed by atoms with Crippen molar-refractivity contribution in [3.8, 4) is 22.6 Å². The van der Waals surface area contributed by atoms with Crippen LogP contribution < -0.4 is 16.0 Å². The van der Waals surface area contributed by atoms with Crippen molar-refractivity contribution in [2.75, 3.05) is 38.7 Å². The van der Waals surface area contributed by atoms with Gasteiger partial charge in [-0.1, -0.05) is 36.4 Å². The highest BCUT2D eigenvalue weighted by Gasteiger charge is 2.20. The minimum atomic E-state index is 0.340. The van der Waals surface area contributed by atoms with E-state index in [1.54, 1.807) is 0 Å². The molecule has 0 radical (unpaired) electrons. The van der Waals surface area contributed by atoms with Gasteiger partial charge >= 0.3 is 0 Å². The second kappa shape index (κ2) is 11.6. The molecule has 2 aromatic heterocycles. The number of rotatable bonds is 9. The lowest BCUT2D eigenvalue weighted by molar-refractivity contribution is 0.0904. The lowest BCUT2D eigenvalue weighted by Gasteiger charge is -2.25. The molecule has 0 spiro atoms. The normalized spacial score (nSPS) is 14.3. The Morgan fingerprint density at radius 1 is 1.00 bits per heavy atom. The average Bonchev–Trinajstić information content (AvgIpc) is 2.93. The smallest absolute Gasteiger partial charge is 0.162 e. The molecule has 0 saturated carbocycles. The van der Waals surface area contributed by atoms with Crippen LogP contribution in [-0.2, 0) is 11.3 Å². The van der Waals surface area contributed by atoms with Crippen LogP contribution in [0.25, 0.3) is 33.4 Å². The first-order valence-corrected chi connectivity index (χ1v) is 12.7. The van der Waals surface area contributed by atoms with Crippen LogP contribution in [0, 0.1) is 6.92 Å². The third-order valence-electron chi connectivity index (χ3n) is 6.71. The van der Waals surface area contributed by atoms with Crippen LogP contribution in [0.15, 0.2) is 60.9 Å². The van der Waals surface area contributed by atoms with E-state index in [4.69, 9.17) is 14.7 Å². The predicted molar refractivity (Wildman–Crippen MR) is 146 cm³/mol. The average molecular weight is 483 g/mol. The standard InChI is InChI=1S/C29H34N6O/c1-20-27(26-8-4-7-23-19-31-12-9-25(23)26)34-29(35-28(20)33-24-10-15-36-16-11-24)22-6-3-5-21(17-22)18-32-14-13-30-2/h3-9,12,17,19,24,30,32H,10-11,13-16,18H2,1-2H3,(H,33,34,35). The first-order valence-electron chi connectivity index (χ1n) is 12.7. The zero-order chi connectivity index (χ0) is 24.7. The van der Waals surface area contributed by atoms with Gasteiger partial charge in [-0.25, -0.2) is 9.97 Å². The summed E-state index contributed by atoms with van der Waals surface area (Å²) in [6.07, 6.45) is 5.70. The zero-order valence-electron chi connectivity index (χ0n) is 21.1. The number of benzene rings is 2. The summed E-state index contributed by atoms with van der Waals surface area (Å²) in [6, 6.07) is 17.2. The van der Waals surface area contributed by atoms with Gasteiger partial charge in [-0.15, -0.1) is 0 Å². The molecule has 0 unspecified atom stereocenters. The molecule has 0 bridgehead atoms. The molecule has 36 heavy (non-hydrogen) atoms. The van der Waals surface area contributed by atoms with E-state index in [1.807, 2.05) is 19.4 Å². The SMILES string of the molecule is CNCCNCc1cccc(-c2nc(NC3CCOCC3)c(C)c(-c3cccc4cnccc34)n2)c1. The number of anilines is 1. The van der Waals surface area contributed by atoms with Crippen LogP contribution in [0.2, 0.25) is 0 Å². The van der Waals surface area contributed by atoms with Crippen molar-refractivity contribution in [2.24, 2.45) is 0 Å². The van der Waals surface area contributed by atoms with Crippen LogP contribution >= 0.6 is 0 Å². The maximum absolute atomic E-state index is 5.57. The number of hydrogen-bond acceptors (Lipinski definition) is 7. The highest BCUT2D eigenvalue weighted by atomic mass is 16.5. The fourth-order valence-corrected chi connectivity index (χ4v) is 4.68. The Hall–Kier alpha value is -3.39. The summed E-state index contributed by atoms with van der Waals surface area (Å²) >= 11 is 0. The van der Waals surface area contributed by atoms with Gasteiger partial charge in [-0.2, -0.15) is 0 Å². The molecule has 186 valence electrons. The summed E-state index contributed by atoms with van der Waals surface area (Å²) in [5, 5.41) is 12.6. The largest absolute Gasteiger partial charge is 0.381 e. The van der Waals surface area contributed by atoms with Crippen LogP contribution in [-0.4, -0.2) is 54.3 Å². The Bertz CT molecular complexity index is 1310. The molecule has 5 rings (SSSR count). The highest BCUT2D eigenvalue weighted by molar-refractivity contribution is 5.96. The van der Waals surface area contributed by atoms with Gasteiger partial charge in [0, 0.05) is 73.4 Å². The minimum absolute atomic E-state index is 0.340. The number of hydrogen-bond donors (Lipinski definition) is 3. The van der Waals surface area contributed by atoms with Gasteiger partial charge in [-0.3, -0.25) is 4.98 Å². The number of fused-ring (bicyclic) bond motifs is 1. The van der Waals surface area contributed by atoms with Gasteiger partial charge in [0.25, 0.3) is 0 Å². The summed E-state index contributed by atoms with van der Waals surface area (Å²) in [4.78, 5) is 14.5. The molecule has 0 atom stereocenters. The van der Waals surface area contributed by atoms with E-state index in [9.17, 15) is 0 Å². The monoisotopic (exact) mass is 482 g/mol. The quantitative estimate of drug-likeness (QED) is 0.302.